The Morgan fingerprint density at radius 3 is 2.53 bits per heavy atom. The fourth-order valence-corrected chi connectivity index (χ4v) is 1.85. The van der Waals surface area contributed by atoms with Crippen molar-refractivity contribution in [2.75, 3.05) is 13.1 Å². The van der Waals surface area contributed by atoms with Crippen LogP contribution in [0.1, 0.15) is 34.3 Å². The molecule has 1 amide bonds. The number of carbonyl (C=O) groups is 2. The molecule has 0 N–H and O–H groups in total. The summed E-state index contributed by atoms with van der Waals surface area (Å²) in [5, 5.41) is 0. The lowest BCUT2D eigenvalue weighted by Gasteiger charge is -2.06. The van der Waals surface area contributed by atoms with Gasteiger partial charge in [0.1, 0.15) is 0 Å². The molecule has 90 valence electrons. The van der Waals surface area contributed by atoms with Crippen molar-refractivity contribution < 1.29 is 9.59 Å². The lowest BCUT2D eigenvalue weighted by atomic mass is 9.99. The van der Waals surface area contributed by atoms with Crippen molar-refractivity contribution in [3.8, 4) is 0 Å². The van der Waals surface area contributed by atoms with Gasteiger partial charge in [0.25, 0.3) is 0 Å². The molecule has 0 saturated carbocycles. The third-order valence-electron chi connectivity index (χ3n) is 3.06. The molecule has 3 heteroatoms. The highest BCUT2D eigenvalue weighted by Gasteiger charge is 2.24. The standard InChI is InChI=1S/C14H17NO2/c1-10-3-4-11(2)12(9-10)13(16)5-6-14(17)15-7-8-15/h3-4,9H,5-8H2,1-2H3. The van der Waals surface area contributed by atoms with Gasteiger partial charge in [0, 0.05) is 31.5 Å². The number of hydrogen-bond acceptors (Lipinski definition) is 2. The molecule has 0 spiro atoms. The molecule has 1 aliphatic heterocycles. The van der Waals surface area contributed by atoms with Crippen LogP contribution in [-0.2, 0) is 4.79 Å². The highest BCUT2D eigenvalue weighted by molar-refractivity contribution is 5.99. The van der Waals surface area contributed by atoms with Gasteiger partial charge < -0.3 is 4.90 Å². The Balaban J connectivity index is 1.98. The maximum Gasteiger partial charge on any atom is 0.223 e. The fourth-order valence-electron chi connectivity index (χ4n) is 1.85. The second kappa shape index (κ2) is 4.70. The monoisotopic (exact) mass is 231 g/mol. The minimum Gasteiger partial charge on any atom is -0.339 e. The molecule has 3 nitrogen and oxygen atoms in total. The normalized spacial score (nSPS) is 13.6. The van der Waals surface area contributed by atoms with Crippen molar-refractivity contribution in [1.82, 2.24) is 4.90 Å². The molecule has 0 bridgehead atoms. The molecule has 1 saturated heterocycles. The summed E-state index contributed by atoms with van der Waals surface area (Å²) in [5.74, 6) is 0.171. The van der Waals surface area contributed by atoms with E-state index < -0.39 is 0 Å². The van der Waals surface area contributed by atoms with Gasteiger partial charge in [-0.25, -0.2) is 0 Å². The topological polar surface area (TPSA) is 37.1 Å². The van der Waals surface area contributed by atoms with Gasteiger partial charge in [-0.3, -0.25) is 9.59 Å². The third kappa shape index (κ3) is 2.93. The number of rotatable bonds is 4. The molecule has 1 aliphatic rings. The first-order chi connectivity index (χ1) is 8.08. The Morgan fingerprint density at radius 2 is 1.88 bits per heavy atom. The molecule has 0 atom stereocenters. The predicted molar refractivity (Wildman–Crippen MR) is 66.1 cm³/mol. The Morgan fingerprint density at radius 1 is 1.18 bits per heavy atom. The Bertz CT molecular complexity index is 461. The van der Waals surface area contributed by atoms with Crippen molar-refractivity contribution in [3.63, 3.8) is 0 Å². The summed E-state index contributed by atoms with van der Waals surface area (Å²) < 4.78 is 0. The summed E-state index contributed by atoms with van der Waals surface area (Å²) in [6.45, 7) is 5.61. The first-order valence-electron chi connectivity index (χ1n) is 5.96. The van der Waals surface area contributed by atoms with Crippen LogP contribution in [0, 0.1) is 13.8 Å². The number of ketones is 1. The molecule has 1 heterocycles. The van der Waals surface area contributed by atoms with Crippen LogP contribution in [0.25, 0.3) is 0 Å². The van der Waals surface area contributed by atoms with E-state index in [1.54, 1.807) is 4.90 Å². The van der Waals surface area contributed by atoms with Crippen molar-refractivity contribution >= 4 is 11.7 Å². The average molecular weight is 231 g/mol. The van der Waals surface area contributed by atoms with Crippen molar-refractivity contribution in [2.24, 2.45) is 0 Å². The number of Topliss-reactive ketones (excluding diaryl/α,β-unsaturated/α-hetero) is 1. The maximum atomic E-state index is 12.0. The van der Waals surface area contributed by atoms with E-state index in [2.05, 4.69) is 0 Å². The summed E-state index contributed by atoms with van der Waals surface area (Å²) >= 11 is 0. The van der Waals surface area contributed by atoms with Gasteiger partial charge in [0.2, 0.25) is 5.91 Å². The number of amides is 1. The van der Waals surface area contributed by atoms with Gasteiger partial charge in [-0.1, -0.05) is 17.7 Å². The van der Waals surface area contributed by atoms with Crippen molar-refractivity contribution in [2.45, 2.75) is 26.7 Å². The molecule has 2 rings (SSSR count). The lowest BCUT2D eigenvalue weighted by Crippen LogP contribution is -2.12. The minimum absolute atomic E-state index is 0.0707. The largest absolute Gasteiger partial charge is 0.339 e. The zero-order valence-electron chi connectivity index (χ0n) is 10.3. The molecule has 0 unspecified atom stereocenters. The predicted octanol–water partition coefficient (Wildman–Crippen LogP) is 2.11. The molecule has 0 aliphatic carbocycles. The highest BCUT2D eigenvalue weighted by atomic mass is 16.2. The highest BCUT2D eigenvalue weighted by Crippen LogP contribution is 2.15. The SMILES string of the molecule is Cc1ccc(C)c(C(=O)CCC(=O)N2CC2)c1. The number of carbonyl (C=O) groups excluding carboxylic acids is 2. The molecule has 1 aromatic carbocycles. The van der Waals surface area contributed by atoms with E-state index in [4.69, 9.17) is 0 Å². The first kappa shape index (κ1) is 11.8. The molecule has 0 radical (unpaired) electrons. The van der Waals surface area contributed by atoms with Crippen LogP contribution < -0.4 is 0 Å². The van der Waals surface area contributed by atoms with E-state index in [9.17, 15) is 9.59 Å². The van der Waals surface area contributed by atoms with Gasteiger partial charge in [-0.2, -0.15) is 0 Å². The van der Waals surface area contributed by atoms with Gasteiger partial charge in [-0.05, 0) is 25.5 Å². The Kier molecular flexibility index (Phi) is 3.27. The van der Waals surface area contributed by atoms with Crippen molar-refractivity contribution in [3.05, 3.63) is 34.9 Å². The Hall–Kier alpha value is -1.64. The van der Waals surface area contributed by atoms with Crippen LogP contribution in [0.4, 0.5) is 0 Å². The van der Waals surface area contributed by atoms with Gasteiger partial charge in [0.05, 0.1) is 0 Å². The third-order valence-corrected chi connectivity index (χ3v) is 3.06. The molecular weight excluding hydrogens is 214 g/mol. The smallest absolute Gasteiger partial charge is 0.223 e. The van der Waals surface area contributed by atoms with Gasteiger partial charge in [0.15, 0.2) is 5.78 Å². The van der Waals surface area contributed by atoms with Crippen LogP contribution in [0.3, 0.4) is 0 Å². The fraction of sp³-hybridized carbons (Fsp3) is 0.429. The van der Waals surface area contributed by atoms with E-state index >= 15 is 0 Å². The van der Waals surface area contributed by atoms with Crippen LogP contribution >= 0.6 is 0 Å². The summed E-state index contributed by atoms with van der Waals surface area (Å²) in [6.07, 6.45) is 0.659. The van der Waals surface area contributed by atoms with Crippen LogP contribution in [0.15, 0.2) is 18.2 Å². The number of nitrogens with zero attached hydrogens (tertiary/aromatic N) is 1. The van der Waals surface area contributed by atoms with Gasteiger partial charge in [-0.15, -0.1) is 0 Å². The molecule has 17 heavy (non-hydrogen) atoms. The maximum absolute atomic E-state index is 12.0. The molecule has 1 aromatic rings. The number of benzene rings is 1. The molecular formula is C14H17NO2. The quantitative estimate of drug-likeness (QED) is 0.588. The molecule has 0 aromatic heterocycles. The van der Waals surface area contributed by atoms with Crippen LogP contribution in [0.2, 0.25) is 0 Å². The summed E-state index contributed by atoms with van der Waals surface area (Å²) in [4.78, 5) is 25.2. The zero-order valence-corrected chi connectivity index (χ0v) is 10.3. The summed E-state index contributed by atoms with van der Waals surface area (Å²) in [6, 6.07) is 5.85. The lowest BCUT2D eigenvalue weighted by molar-refractivity contribution is -0.125. The van der Waals surface area contributed by atoms with E-state index in [-0.39, 0.29) is 11.7 Å². The summed E-state index contributed by atoms with van der Waals surface area (Å²) in [7, 11) is 0. The first-order valence-corrected chi connectivity index (χ1v) is 5.96. The van der Waals surface area contributed by atoms with E-state index in [1.165, 1.54) is 0 Å². The number of hydrogen-bond donors (Lipinski definition) is 0. The van der Waals surface area contributed by atoms with Crippen LogP contribution in [0.5, 0.6) is 0 Å². The average Bonchev–Trinajstić information content (AvgIpc) is 3.12. The van der Waals surface area contributed by atoms with Gasteiger partial charge >= 0.3 is 0 Å². The van der Waals surface area contributed by atoms with E-state index in [1.807, 2.05) is 32.0 Å². The van der Waals surface area contributed by atoms with Crippen molar-refractivity contribution in [1.29, 1.82) is 0 Å². The number of aryl methyl sites for hydroxylation is 2. The van der Waals surface area contributed by atoms with E-state index in [0.29, 0.717) is 12.8 Å². The Labute approximate surface area is 101 Å². The van der Waals surface area contributed by atoms with E-state index in [0.717, 1.165) is 29.8 Å². The second-order valence-corrected chi connectivity index (χ2v) is 4.62. The summed E-state index contributed by atoms with van der Waals surface area (Å²) in [5.41, 5.74) is 2.82. The second-order valence-electron chi connectivity index (χ2n) is 4.62. The molecule has 1 fully saturated rings. The minimum atomic E-state index is 0.0707. The zero-order chi connectivity index (χ0) is 12.4. The van der Waals surface area contributed by atoms with Crippen LogP contribution in [-0.4, -0.2) is 29.7 Å².